The lowest BCUT2D eigenvalue weighted by atomic mass is 9.92. The van der Waals surface area contributed by atoms with Crippen LogP contribution in [0.2, 0.25) is 0 Å². The summed E-state index contributed by atoms with van der Waals surface area (Å²) < 4.78 is 13.9. The van der Waals surface area contributed by atoms with Crippen LogP contribution in [0.1, 0.15) is 56.2 Å². The number of hydrogen-bond acceptors (Lipinski definition) is 1. The van der Waals surface area contributed by atoms with Crippen LogP contribution in [0, 0.1) is 17.1 Å². The lowest BCUT2D eigenvalue weighted by Crippen LogP contribution is -2.02. The third-order valence-corrected chi connectivity index (χ3v) is 2.56. The van der Waals surface area contributed by atoms with Crippen LogP contribution in [0.3, 0.4) is 0 Å². The van der Waals surface area contributed by atoms with E-state index in [0.29, 0.717) is 5.56 Å². The molecule has 0 aliphatic carbocycles. The Bertz CT molecular complexity index is 400. The number of halogens is 1. The summed E-state index contributed by atoms with van der Waals surface area (Å²) in [6.45, 7) is 7.78. The van der Waals surface area contributed by atoms with Gasteiger partial charge in [0.15, 0.2) is 0 Å². The molecular weight excluding hydrogens is 189 g/mol. The molecule has 0 aromatic heterocycles. The normalized spacial score (nSPS) is 10.8. The summed E-state index contributed by atoms with van der Waals surface area (Å²) in [7, 11) is 0. The number of benzene rings is 1. The summed E-state index contributed by atoms with van der Waals surface area (Å²) in [5.74, 6) is -0.0626. The van der Waals surface area contributed by atoms with Crippen molar-refractivity contribution >= 4 is 0 Å². The Hall–Kier alpha value is -1.36. The van der Waals surface area contributed by atoms with E-state index in [0.717, 1.165) is 5.56 Å². The van der Waals surface area contributed by atoms with Crippen molar-refractivity contribution in [1.82, 2.24) is 0 Å². The molecule has 15 heavy (non-hydrogen) atoms. The molecule has 0 saturated heterocycles. The largest absolute Gasteiger partial charge is 0.205 e. The topological polar surface area (TPSA) is 23.8 Å². The Morgan fingerprint density at radius 1 is 1.07 bits per heavy atom. The van der Waals surface area contributed by atoms with Gasteiger partial charge in [0.1, 0.15) is 11.9 Å². The van der Waals surface area contributed by atoms with Crippen molar-refractivity contribution in [3.8, 4) is 6.07 Å². The zero-order chi connectivity index (χ0) is 11.6. The van der Waals surface area contributed by atoms with E-state index in [1.165, 1.54) is 0 Å². The summed E-state index contributed by atoms with van der Waals surface area (Å²) >= 11 is 0. The fourth-order valence-electron chi connectivity index (χ4n) is 1.65. The van der Waals surface area contributed by atoms with Crippen LogP contribution in [-0.4, -0.2) is 0 Å². The third kappa shape index (κ3) is 2.18. The van der Waals surface area contributed by atoms with Crippen LogP contribution < -0.4 is 0 Å². The van der Waals surface area contributed by atoms with Gasteiger partial charge in [-0.2, -0.15) is 5.26 Å². The second-order valence-corrected chi connectivity index (χ2v) is 4.35. The molecule has 1 rings (SSSR count). The average Bonchev–Trinajstić information content (AvgIpc) is 2.16. The van der Waals surface area contributed by atoms with Crippen molar-refractivity contribution in [1.29, 1.82) is 5.26 Å². The first kappa shape index (κ1) is 11.7. The minimum absolute atomic E-state index is 0.110. The van der Waals surface area contributed by atoms with Gasteiger partial charge in [-0.25, -0.2) is 4.39 Å². The molecule has 0 radical (unpaired) electrons. The molecule has 0 aliphatic rings. The van der Waals surface area contributed by atoms with Crippen LogP contribution in [0.15, 0.2) is 12.1 Å². The molecule has 0 saturated carbocycles. The lowest BCUT2D eigenvalue weighted by Gasteiger charge is -2.13. The standard InChI is InChI=1S/C13H16FN/c1-8(2)10-5-6-11(9(3)4)13(14)12(10)7-15/h5-6,8-9H,1-4H3. The van der Waals surface area contributed by atoms with Gasteiger partial charge in [0.05, 0.1) is 5.56 Å². The molecule has 2 heteroatoms. The van der Waals surface area contributed by atoms with Gasteiger partial charge in [-0.15, -0.1) is 0 Å². The van der Waals surface area contributed by atoms with E-state index in [1.807, 2.05) is 39.8 Å². The van der Waals surface area contributed by atoms with Crippen molar-refractivity contribution in [3.05, 3.63) is 34.6 Å². The fourth-order valence-corrected chi connectivity index (χ4v) is 1.65. The van der Waals surface area contributed by atoms with Crippen LogP contribution in [0.5, 0.6) is 0 Å². The molecule has 0 atom stereocenters. The van der Waals surface area contributed by atoms with Crippen LogP contribution >= 0.6 is 0 Å². The van der Waals surface area contributed by atoms with Crippen molar-refractivity contribution in [2.45, 2.75) is 39.5 Å². The van der Waals surface area contributed by atoms with E-state index in [1.54, 1.807) is 6.07 Å². The van der Waals surface area contributed by atoms with Crippen molar-refractivity contribution in [3.63, 3.8) is 0 Å². The molecule has 1 nitrogen and oxygen atoms in total. The first-order valence-corrected chi connectivity index (χ1v) is 5.21. The zero-order valence-electron chi connectivity index (χ0n) is 9.63. The fraction of sp³-hybridized carbons (Fsp3) is 0.462. The minimum Gasteiger partial charge on any atom is -0.205 e. The highest BCUT2D eigenvalue weighted by Gasteiger charge is 2.16. The summed E-state index contributed by atoms with van der Waals surface area (Å²) in [6.07, 6.45) is 0. The Morgan fingerprint density at radius 2 is 1.53 bits per heavy atom. The van der Waals surface area contributed by atoms with Gasteiger partial charge in [0.25, 0.3) is 0 Å². The Labute approximate surface area is 90.5 Å². The Morgan fingerprint density at radius 3 is 1.93 bits per heavy atom. The monoisotopic (exact) mass is 205 g/mol. The van der Waals surface area contributed by atoms with E-state index >= 15 is 0 Å². The van der Waals surface area contributed by atoms with Gasteiger partial charge in [0.2, 0.25) is 0 Å². The maximum absolute atomic E-state index is 13.9. The highest BCUT2D eigenvalue weighted by atomic mass is 19.1. The maximum atomic E-state index is 13.9. The molecule has 0 aliphatic heterocycles. The Balaban J connectivity index is 3.41. The average molecular weight is 205 g/mol. The highest BCUT2D eigenvalue weighted by Crippen LogP contribution is 2.27. The summed E-state index contributed by atoms with van der Waals surface area (Å²) in [5.41, 5.74) is 1.62. The van der Waals surface area contributed by atoms with Crippen LogP contribution in [-0.2, 0) is 0 Å². The second kappa shape index (κ2) is 4.44. The van der Waals surface area contributed by atoms with Gasteiger partial charge >= 0.3 is 0 Å². The van der Waals surface area contributed by atoms with Gasteiger partial charge < -0.3 is 0 Å². The predicted octanol–water partition coefficient (Wildman–Crippen LogP) is 3.94. The highest BCUT2D eigenvalue weighted by molar-refractivity contribution is 5.44. The number of nitriles is 1. The van der Waals surface area contributed by atoms with Gasteiger partial charge in [-0.05, 0) is 23.0 Å². The molecule has 0 fully saturated rings. The smallest absolute Gasteiger partial charge is 0.144 e. The molecular formula is C13H16FN. The minimum atomic E-state index is -0.348. The quantitative estimate of drug-likeness (QED) is 0.717. The van der Waals surface area contributed by atoms with Gasteiger partial charge in [-0.3, -0.25) is 0 Å². The first-order valence-electron chi connectivity index (χ1n) is 5.21. The second-order valence-electron chi connectivity index (χ2n) is 4.35. The molecule has 1 aromatic carbocycles. The van der Waals surface area contributed by atoms with E-state index in [9.17, 15) is 4.39 Å². The lowest BCUT2D eigenvalue weighted by molar-refractivity contribution is 0.590. The van der Waals surface area contributed by atoms with E-state index in [4.69, 9.17) is 5.26 Å². The van der Waals surface area contributed by atoms with Crippen LogP contribution in [0.25, 0.3) is 0 Å². The third-order valence-electron chi connectivity index (χ3n) is 2.56. The molecule has 0 unspecified atom stereocenters. The Kier molecular flexibility index (Phi) is 3.47. The van der Waals surface area contributed by atoms with Crippen molar-refractivity contribution in [2.75, 3.05) is 0 Å². The summed E-state index contributed by atoms with van der Waals surface area (Å²) in [4.78, 5) is 0. The number of hydrogen-bond donors (Lipinski definition) is 0. The number of nitrogens with zero attached hydrogens (tertiary/aromatic N) is 1. The van der Waals surface area contributed by atoms with E-state index in [2.05, 4.69) is 0 Å². The molecule has 80 valence electrons. The van der Waals surface area contributed by atoms with Crippen molar-refractivity contribution < 1.29 is 4.39 Å². The molecule has 0 bridgehead atoms. The van der Waals surface area contributed by atoms with Crippen molar-refractivity contribution in [2.24, 2.45) is 0 Å². The SMILES string of the molecule is CC(C)c1ccc(C(C)C)c(C#N)c1F. The van der Waals surface area contributed by atoms with Gasteiger partial charge in [0, 0.05) is 0 Å². The predicted molar refractivity (Wildman–Crippen MR) is 59.3 cm³/mol. The molecule has 0 heterocycles. The van der Waals surface area contributed by atoms with E-state index in [-0.39, 0.29) is 23.2 Å². The molecule has 0 N–H and O–H groups in total. The number of rotatable bonds is 2. The first-order chi connectivity index (χ1) is 6.99. The zero-order valence-corrected chi connectivity index (χ0v) is 9.63. The van der Waals surface area contributed by atoms with Crippen LogP contribution in [0.4, 0.5) is 4.39 Å². The van der Waals surface area contributed by atoms with E-state index < -0.39 is 0 Å². The van der Waals surface area contributed by atoms with Gasteiger partial charge in [-0.1, -0.05) is 39.8 Å². The maximum Gasteiger partial charge on any atom is 0.144 e. The molecule has 0 spiro atoms. The molecule has 0 amide bonds. The summed E-state index contributed by atoms with van der Waals surface area (Å²) in [6, 6.07) is 5.62. The summed E-state index contributed by atoms with van der Waals surface area (Å²) in [5, 5.41) is 8.96. The molecule has 1 aromatic rings.